The summed E-state index contributed by atoms with van der Waals surface area (Å²) in [6.07, 6.45) is 0. The van der Waals surface area contributed by atoms with Crippen molar-refractivity contribution in [2.75, 3.05) is 32.8 Å². The molecule has 0 saturated carbocycles. The van der Waals surface area contributed by atoms with Gasteiger partial charge in [0.2, 0.25) is 0 Å². The molecule has 1 heterocycles. The molecule has 1 saturated heterocycles. The van der Waals surface area contributed by atoms with Crippen molar-refractivity contribution in [1.29, 1.82) is 0 Å². The number of hydrogen-bond acceptors (Lipinski definition) is 3. The largest absolute Gasteiger partial charge is 0.483 e. The Hall–Kier alpha value is -2.33. The van der Waals surface area contributed by atoms with Gasteiger partial charge in [-0.05, 0) is 36.6 Å². The molecule has 0 radical (unpaired) electrons. The number of carbonyl (C=O) groups is 1. The van der Waals surface area contributed by atoms with Crippen LogP contribution in [0.3, 0.4) is 0 Å². The summed E-state index contributed by atoms with van der Waals surface area (Å²) < 4.78 is 5.75. The number of piperazine rings is 1. The zero-order valence-corrected chi connectivity index (χ0v) is 15.1. The Labute approximate surface area is 150 Å². The average molecular weight is 338 g/mol. The molecule has 0 spiro atoms. The van der Waals surface area contributed by atoms with Crippen LogP contribution in [0, 0.1) is 13.8 Å². The minimum Gasteiger partial charge on any atom is -0.483 e. The van der Waals surface area contributed by atoms with E-state index in [1.165, 1.54) is 5.56 Å². The Morgan fingerprint density at radius 2 is 1.72 bits per heavy atom. The minimum absolute atomic E-state index is 0.0697. The number of ether oxygens (including phenoxy) is 1. The van der Waals surface area contributed by atoms with Crippen LogP contribution in [0.25, 0.3) is 0 Å². The molecule has 4 nitrogen and oxygen atoms in total. The third-order valence-electron chi connectivity index (χ3n) is 4.67. The van der Waals surface area contributed by atoms with Crippen LogP contribution in [0.15, 0.2) is 48.5 Å². The van der Waals surface area contributed by atoms with Crippen LogP contribution >= 0.6 is 0 Å². The fraction of sp³-hybridized carbons (Fsp3) is 0.381. The lowest BCUT2D eigenvalue weighted by Crippen LogP contribution is -2.49. The zero-order chi connectivity index (χ0) is 17.6. The number of nitrogens with zero attached hydrogens (tertiary/aromatic N) is 2. The van der Waals surface area contributed by atoms with E-state index in [0.717, 1.165) is 49.6 Å². The molecule has 0 bridgehead atoms. The van der Waals surface area contributed by atoms with Crippen molar-refractivity contribution in [2.24, 2.45) is 0 Å². The Balaban J connectivity index is 1.46. The van der Waals surface area contributed by atoms with Crippen LogP contribution in [0.5, 0.6) is 5.75 Å². The molecule has 25 heavy (non-hydrogen) atoms. The monoisotopic (exact) mass is 338 g/mol. The highest BCUT2D eigenvalue weighted by molar-refractivity contribution is 5.78. The van der Waals surface area contributed by atoms with Crippen molar-refractivity contribution in [2.45, 2.75) is 20.4 Å². The van der Waals surface area contributed by atoms with Gasteiger partial charge >= 0.3 is 0 Å². The van der Waals surface area contributed by atoms with Crippen molar-refractivity contribution in [3.8, 4) is 5.75 Å². The Morgan fingerprint density at radius 3 is 2.44 bits per heavy atom. The average Bonchev–Trinajstić information content (AvgIpc) is 2.64. The third kappa shape index (κ3) is 4.83. The summed E-state index contributed by atoms with van der Waals surface area (Å²) in [5.41, 5.74) is 3.52. The van der Waals surface area contributed by atoms with Gasteiger partial charge in [-0.3, -0.25) is 9.69 Å². The number of aryl methyl sites for hydroxylation is 2. The number of carbonyl (C=O) groups excluding carboxylic acids is 1. The first-order valence-electron chi connectivity index (χ1n) is 8.86. The van der Waals surface area contributed by atoms with Gasteiger partial charge < -0.3 is 9.64 Å². The Kier molecular flexibility index (Phi) is 5.71. The smallest absolute Gasteiger partial charge is 0.260 e. The van der Waals surface area contributed by atoms with Gasteiger partial charge in [-0.1, -0.05) is 42.5 Å². The lowest BCUT2D eigenvalue weighted by atomic mass is 10.1. The van der Waals surface area contributed by atoms with E-state index in [1.807, 2.05) is 36.9 Å². The molecule has 1 aliphatic rings. The molecule has 0 unspecified atom stereocenters. The molecule has 0 N–H and O–H groups in total. The predicted octanol–water partition coefficient (Wildman–Crippen LogP) is 3.03. The first kappa shape index (κ1) is 17.5. The molecule has 2 aromatic rings. The molecule has 0 aromatic heterocycles. The van der Waals surface area contributed by atoms with E-state index in [1.54, 1.807) is 0 Å². The molecule has 0 atom stereocenters. The van der Waals surface area contributed by atoms with Gasteiger partial charge in [-0.15, -0.1) is 0 Å². The predicted molar refractivity (Wildman–Crippen MR) is 99.7 cm³/mol. The van der Waals surface area contributed by atoms with E-state index >= 15 is 0 Å². The molecular weight excluding hydrogens is 312 g/mol. The third-order valence-corrected chi connectivity index (χ3v) is 4.67. The van der Waals surface area contributed by atoms with E-state index in [2.05, 4.69) is 35.2 Å². The van der Waals surface area contributed by atoms with Gasteiger partial charge in [0.05, 0.1) is 0 Å². The van der Waals surface area contributed by atoms with E-state index in [-0.39, 0.29) is 12.5 Å². The summed E-state index contributed by atoms with van der Waals surface area (Å²) in [7, 11) is 0. The maximum Gasteiger partial charge on any atom is 0.260 e. The lowest BCUT2D eigenvalue weighted by molar-refractivity contribution is -0.135. The fourth-order valence-electron chi connectivity index (χ4n) is 3.09. The number of amides is 1. The quantitative estimate of drug-likeness (QED) is 0.840. The summed E-state index contributed by atoms with van der Waals surface area (Å²) in [4.78, 5) is 16.7. The van der Waals surface area contributed by atoms with E-state index in [9.17, 15) is 4.79 Å². The number of rotatable bonds is 5. The highest BCUT2D eigenvalue weighted by Gasteiger charge is 2.21. The molecule has 1 aliphatic heterocycles. The van der Waals surface area contributed by atoms with Crippen LogP contribution in [-0.2, 0) is 11.3 Å². The van der Waals surface area contributed by atoms with Crippen LogP contribution in [0.4, 0.5) is 0 Å². The van der Waals surface area contributed by atoms with Crippen LogP contribution in [0.2, 0.25) is 0 Å². The van der Waals surface area contributed by atoms with Gasteiger partial charge in [0, 0.05) is 32.7 Å². The van der Waals surface area contributed by atoms with Gasteiger partial charge in [-0.2, -0.15) is 0 Å². The molecule has 0 aliphatic carbocycles. The second-order valence-electron chi connectivity index (χ2n) is 6.70. The van der Waals surface area contributed by atoms with E-state index < -0.39 is 0 Å². The summed E-state index contributed by atoms with van der Waals surface area (Å²) in [6, 6.07) is 16.5. The highest BCUT2D eigenvalue weighted by Crippen LogP contribution is 2.19. The van der Waals surface area contributed by atoms with Crippen LogP contribution in [-0.4, -0.2) is 48.5 Å². The van der Waals surface area contributed by atoms with Crippen LogP contribution in [0.1, 0.15) is 16.7 Å². The number of benzene rings is 2. The Morgan fingerprint density at radius 1 is 1.00 bits per heavy atom. The SMILES string of the molecule is Cc1ccc(C)c(OCC(=O)N2CCN(Cc3ccccc3)CC2)c1. The normalized spacial score (nSPS) is 15.2. The van der Waals surface area contributed by atoms with Crippen molar-refractivity contribution in [3.05, 3.63) is 65.2 Å². The summed E-state index contributed by atoms with van der Waals surface area (Å²) in [6.45, 7) is 8.43. The molecule has 1 fully saturated rings. The second-order valence-corrected chi connectivity index (χ2v) is 6.70. The molecule has 132 valence electrons. The molecule has 1 amide bonds. The summed E-state index contributed by atoms with van der Waals surface area (Å²) in [5, 5.41) is 0. The molecule has 3 rings (SSSR count). The summed E-state index contributed by atoms with van der Waals surface area (Å²) >= 11 is 0. The zero-order valence-electron chi connectivity index (χ0n) is 15.1. The van der Waals surface area contributed by atoms with Crippen molar-refractivity contribution < 1.29 is 9.53 Å². The van der Waals surface area contributed by atoms with E-state index in [0.29, 0.717) is 0 Å². The standard InChI is InChI=1S/C21H26N2O2/c1-17-8-9-18(2)20(14-17)25-16-21(24)23-12-10-22(11-13-23)15-19-6-4-3-5-7-19/h3-9,14H,10-13,15-16H2,1-2H3. The van der Waals surface area contributed by atoms with Crippen LogP contribution < -0.4 is 4.74 Å². The molecule has 4 heteroatoms. The first-order valence-corrected chi connectivity index (χ1v) is 8.86. The lowest BCUT2D eigenvalue weighted by Gasteiger charge is -2.34. The fourth-order valence-corrected chi connectivity index (χ4v) is 3.09. The van der Waals surface area contributed by atoms with Crippen molar-refractivity contribution in [1.82, 2.24) is 9.80 Å². The highest BCUT2D eigenvalue weighted by atomic mass is 16.5. The van der Waals surface area contributed by atoms with Gasteiger partial charge in [0.1, 0.15) is 5.75 Å². The minimum atomic E-state index is 0.0697. The first-order chi connectivity index (χ1) is 12.1. The van der Waals surface area contributed by atoms with Crippen molar-refractivity contribution >= 4 is 5.91 Å². The Bertz CT molecular complexity index is 707. The second kappa shape index (κ2) is 8.17. The van der Waals surface area contributed by atoms with Gasteiger partial charge in [-0.25, -0.2) is 0 Å². The van der Waals surface area contributed by atoms with Gasteiger partial charge in [0.25, 0.3) is 5.91 Å². The van der Waals surface area contributed by atoms with Gasteiger partial charge in [0.15, 0.2) is 6.61 Å². The molecule has 2 aromatic carbocycles. The number of hydrogen-bond donors (Lipinski definition) is 0. The molecular formula is C21H26N2O2. The summed E-state index contributed by atoms with van der Waals surface area (Å²) in [5.74, 6) is 0.872. The topological polar surface area (TPSA) is 32.8 Å². The van der Waals surface area contributed by atoms with E-state index in [4.69, 9.17) is 4.74 Å². The maximum absolute atomic E-state index is 12.4. The van der Waals surface area contributed by atoms with Crippen molar-refractivity contribution in [3.63, 3.8) is 0 Å². The maximum atomic E-state index is 12.4.